The summed E-state index contributed by atoms with van der Waals surface area (Å²) in [7, 11) is 0. The molecule has 0 spiro atoms. The summed E-state index contributed by atoms with van der Waals surface area (Å²) in [5, 5.41) is 12.6. The molecule has 1 aromatic carbocycles. The van der Waals surface area contributed by atoms with E-state index in [0.29, 0.717) is 17.5 Å². The molecule has 6 nitrogen and oxygen atoms in total. The Labute approximate surface area is 134 Å². The first-order valence-electron chi connectivity index (χ1n) is 7.91. The highest BCUT2D eigenvalue weighted by atomic mass is 16.3. The Kier molecular flexibility index (Phi) is 3.93. The maximum Gasteiger partial charge on any atom is 0.261 e. The summed E-state index contributed by atoms with van der Waals surface area (Å²) >= 11 is 0. The van der Waals surface area contributed by atoms with Crippen LogP contribution in [0.2, 0.25) is 0 Å². The van der Waals surface area contributed by atoms with E-state index in [2.05, 4.69) is 5.32 Å². The van der Waals surface area contributed by atoms with Crippen molar-refractivity contribution in [2.75, 3.05) is 0 Å². The Balaban J connectivity index is 1.84. The van der Waals surface area contributed by atoms with E-state index in [4.69, 9.17) is 0 Å². The third-order valence-electron chi connectivity index (χ3n) is 4.49. The van der Waals surface area contributed by atoms with Crippen LogP contribution >= 0.6 is 0 Å². The summed E-state index contributed by atoms with van der Waals surface area (Å²) < 4.78 is 0. The largest absolute Gasteiger partial charge is 0.391 e. The number of carbonyl (C=O) groups is 3. The van der Waals surface area contributed by atoms with Gasteiger partial charge >= 0.3 is 0 Å². The molecule has 1 aromatic rings. The molecule has 2 atom stereocenters. The number of nitrogens with one attached hydrogen (secondary N) is 1. The molecule has 3 amide bonds. The highest BCUT2D eigenvalue weighted by Gasteiger charge is 2.37. The molecule has 2 aliphatic rings. The van der Waals surface area contributed by atoms with Crippen LogP contribution in [-0.2, 0) is 0 Å². The van der Waals surface area contributed by atoms with Gasteiger partial charge in [-0.2, -0.15) is 0 Å². The molecule has 1 saturated carbocycles. The van der Waals surface area contributed by atoms with Crippen LogP contribution in [0, 0.1) is 0 Å². The van der Waals surface area contributed by atoms with Crippen LogP contribution in [0.5, 0.6) is 0 Å². The molecule has 2 N–H and O–H groups in total. The van der Waals surface area contributed by atoms with Crippen LogP contribution in [-0.4, -0.2) is 45.9 Å². The lowest BCUT2D eigenvalue weighted by Crippen LogP contribution is -2.39. The van der Waals surface area contributed by atoms with Crippen LogP contribution < -0.4 is 5.32 Å². The molecule has 1 heterocycles. The van der Waals surface area contributed by atoms with Crippen molar-refractivity contribution in [2.24, 2.45) is 0 Å². The fraction of sp³-hybridized carbons (Fsp3) is 0.471. The maximum absolute atomic E-state index is 12.4. The average molecular weight is 316 g/mol. The third-order valence-corrected chi connectivity index (χ3v) is 4.49. The van der Waals surface area contributed by atoms with Crippen molar-refractivity contribution in [3.63, 3.8) is 0 Å². The van der Waals surface area contributed by atoms with Gasteiger partial charge in [0.25, 0.3) is 17.7 Å². The Hall–Kier alpha value is -2.21. The van der Waals surface area contributed by atoms with E-state index in [1.165, 1.54) is 17.0 Å². The fourth-order valence-corrected chi connectivity index (χ4v) is 3.23. The number of rotatable bonds is 3. The highest BCUT2D eigenvalue weighted by Crippen LogP contribution is 2.26. The zero-order valence-electron chi connectivity index (χ0n) is 13.2. The predicted molar refractivity (Wildman–Crippen MR) is 83.2 cm³/mol. The Morgan fingerprint density at radius 3 is 2.52 bits per heavy atom. The topological polar surface area (TPSA) is 86.7 Å². The lowest BCUT2D eigenvalue weighted by molar-refractivity contribution is 0.0609. The zero-order valence-corrected chi connectivity index (χ0v) is 13.2. The van der Waals surface area contributed by atoms with Crippen molar-refractivity contribution in [2.45, 2.75) is 51.3 Å². The molecule has 1 aliphatic carbocycles. The summed E-state index contributed by atoms with van der Waals surface area (Å²) in [6, 6.07) is 4.06. The summed E-state index contributed by atoms with van der Waals surface area (Å²) in [6.45, 7) is 3.55. The van der Waals surface area contributed by atoms with Crippen molar-refractivity contribution >= 4 is 17.7 Å². The number of amides is 3. The van der Waals surface area contributed by atoms with Crippen molar-refractivity contribution in [3.05, 3.63) is 34.9 Å². The van der Waals surface area contributed by atoms with Gasteiger partial charge in [0.15, 0.2) is 0 Å². The number of fused-ring (bicyclic) bond motifs is 1. The molecule has 6 heteroatoms. The normalized spacial score (nSPS) is 23.6. The monoisotopic (exact) mass is 316 g/mol. The second-order valence-electron chi connectivity index (χ2n) is 6.41. The lowest BCUT2D eigenvalue weighted by atomic mass is 10.0. The van der Waals surface area contributed by atoms with E-state index < -0.39 is 6.10 Å². The van der Waals surface area contributed by atoms with Gasteiger partial charge in [-0.05, 0) is 51.3 Å². The van der Waals surface area contributed by atoms with Gasteiger partial charge in [0, 0.05) is 11.6 Å². The van der Waals surface area contributed by atoms with Gasteiger partial charge < -0.3 is 10.4 Å². The quantitative estimate of drug-likeness (QED) is 0.824. The molecular weight excluding hydrogens is 296 g/mol. The molecule has 23 heavy (non-hydrogen) atoms. The van der Waals surface area contributed by atoms with Gasteiger partial charge in [-0.25, -0.2) is 0 Å². The molecule has 122 valence electrons. The number of nitrogens with zero attached hydrogens (tertiary/aromatic N) is 1. The number of aliphatic hydroxyl groups excluding tert-OH is 1. The van der Waals surface area contributed by atoms with Gasteiger partial charge in [-0.1, -0.05) is 0 Å². The molecule has 0 bridgehead atoms. The van der Waals surface area contributed by atoms with Crippen molar-refractivity contribution in [1.82, 2.24) is 10.2 Å². The minimum atomic E-state index is -0.520. The summed E-state index contributed by atoms with van der Waals surface area (Å²) in [5.74, 6) is -1.02. The first-order valence-corrected chi connectivity index (χ1v) is 7.91. The van der Waals surface area contributed by atoms with E-state index in [-0.39, 0.29) is 35.4 Å². The highest BCUT2D eigenvalue weighted by molar-refractivity contribution is 6.22. The Morgan fingerprint density at radius 2 is 1.91 bits per heavy atom. The Morgan fingerprint density at radius 1 is 1.22 bits per heavy atom. The second kappa shape index (κ2) is 5.77. The summed E-state index contributed by atoms with van der Waals surface area (Å²) in [6.07, 6.45) is 1.79. The minimum absolute atomic E-state index is 0.228. The van der Waals surface area contributed by atoms with E-state index in [1.807, 2.05) is 0 Å². The first-order chi connectivity index (χ1) is 10.9. The van der Waals surface area contributed by atoms with Crippen LogP contribution in [0.3, 0.4) is 0 Å². The van der Waals surface area contributed by atoms with E-state index in [1.54, 1.807) is 19.9 Å². The predicted octanol–water partition coefficient (Wildman–Crippen LogP) is 1.33. The minimum Gasteiger partial charge on any atom is -0.391 e. The average Bonchev–Trinajstić information content (AvgIpc) is 3.01. The number of hydrogen-bond acceptors (Lipinski definition) is 4. The number of imide groups is 1. The number of carbonyl (C=O) groups excluding carboxylic acids is 3. The lowest BCUT2D eigenvalue weighted by Gasteiger charge is -2.17. The van der Waals surface area contributed by atoms with Crippen LogP contribution in [0.25, 0.3) is 0 Å². The first kappa shape index (κ1) is 15.7. The SMILES string of the molecule is CC(C)N1C(=O)c2ccc(C(=O)NC3CCCC3O)cc2C1=O. The standard InChI is InChI=1S/C17H20N2O4/c1-9(2)19-16(22)11-7-6-10(8-12(11)17(19)23)15(21)18-13-4-3-5-14(13)20/h6-9,13-14,20H,3-5H2,1-2H3,(H,18,21). The van der Waals surface area contributed by atoms with E-state index >= 15 is 0 Å². The molecular formula is C17H20N2O4. The molecule has 1 aliphatic heterocycles. The van der Waals surface area contributed by atoms with Crippen molar-refractivity contribution < 1.29 is 19.5 Å². The van der Waals surface area contributed by atoms with E-state index in [0.717, 1.165) is 12.8 Å². The number of benzene rings is 1. The molecule has 0 saturated heterocycles. The van der Waals surface area contributed by atoms with Gasteiger partial charge in [0.2, 0.25) is 0 Å². The molecule has 2 unspecified atom stereocenters. The van der Waals surface area contributed by atoms with Crippen molar-refractivity contribution in [3.8, 4) is 0 Å². The second-order valence-corrected chi connectivity index (χ2v) is 6.41. The smallest absolute Gasteiger partial charge is 0.261 e. The fourth-order valence-electron chi connectivity index (χ4n) is 3.23. The molecule has 1 fully saturated rings. The zero-order chi connectivity index (χ0) is 16.7. The molecule has 0 aromatic heterocycles. The van der Waals surface area contributed by atoms with E-state index in [9.17, 15) is 19.5 Å². The van der Waals surface area contributed by atoms with Crippen molar-refractivity contribution in [1.29, 1.82) is 0 Å². The van der Waals surface area contributed by atoms with Gasteiger partial charge in [0.05, 0.1) is 23.3 Å². The molecule has 3 rings (SSSR count). The molecule has 0 radical (unpaired) electrons. The number of hydrogen-bond donors (Lipinski definition) is 2. The number of aliphatic hydroxyl groups is 1. The van der Waals surface area contributed by atoms with Crippen LogP contribution in [0.1, 0.15) is 64.2 Å². The summed E-state index contributed by atoms with van der Waals surface area (Å²) in [4.78, 5) is 38.1. The van der Waals surface area contributed by atoms with Gasteiger partial charge in [-0.3, -0.25) is 19.3 Å². The third kappa shape index (κ3) is 2.63. The maximum atomic E-state index is 12.4. The van der Waals surface area contributed by atoms with Crippen LogP contribution in [0.4, 0.5) is 0 Å². The van der Waals surface area contributed by atoms with Gasteiger partial charge in [0.1, 0.15) is 0 Å². The van der Waals surface area contributed by atoms with Crippen LogP contribution in [0.15, 0.2) is 18.2 Å². The Bertz CT molecular complexity index is 683. The van der Waals surface area contributed by atoms with Gasteiger partial charge in [-0.15, -0.1) is 0 Å². The summed E-state index contributed by atoms with van der Waals surface area (Å²) in [5.41, 5.74) is 0.930.